The van der Waals surface area contributed by atoms with E-state index in [-0.39, 0.29) is 23.4 Å². The van der Waals surface area contributed by atoms with E-state index in [1.807, 2.05) is 0 Å². The van der Waals surface area contributed by atoms with Gasteiger partial charge in [-0.3, -0.25) is 4.79 Å². The van der Waals surface area contributed by atoms with Gasteiger partial charge < -0.3 is 4.74 Å². The summed E-state index contributed by atoms with van der Waals surface area (Å²) in [5.74, 6) is -0.702. The zero-order chi connectivity index (χ0) is 14.2. The third kappa shape index (κ3) is 2.90. The molecule has 0 aliphatic carbocycles. The fourth-order valence-corrected chi connectivity index (χ4v) is 2.30. The number of hydrogen-bond donors (Lipinski definition) is 0. The van der Waals surface area contributed by atoms with Gasteiger partial charge in [-0.05, 0) is 25.5 Å². The van der Waals surface area contributed by atoms with E-state index in [9.17, 15) is 18.0 Å². The Morgan fingerprint density at radius 3 is 2.63 bits per heavy atom. The van der Waals surface area contributed by atoms with Crippen molar-refractivity contribution in [3.63, 3.8) is 0 Å². The first-order valence-corrected chi connectivity index (χ1v) is 6.08. The molecule has 19 heavy (non-hydrogen) atoms. The lowest BCUT2D eigenvalue weighted by Crippen LogP contribution is -2.22. The molecule has 2 heterocycles. The summed E-state index contributed by atoms with van der Waals surface area (Å²) in [7, 11) is 0. The predicted molar refractivity (Wildman–Crippen MR) is 62.1 cm³/mol. The van der Waals surface area contributed by atoms with Gasteiger partial charge in [0.1, 0.15) is 10.8 Å². The van der Waals surface area contributed by atoms with Crippen LogP contribution in [0, 0.1) is 5.92 Å². The molecule has 2 atom stereocenters. The number of ether oxygens (including phenoxy) is 1. The standard InChI is InChI=1S/C12H11ClF3NO2/c1-6-7(4-5-19-6)10(18)8-2-3-9(12(14,15)16)17-11(8)13/h2-3,6-7H,4-5H2,1H3. The van der Waals surface area contributed by atoms with Crippen molar-refractivity contribution in [2.75, 3.05) is 6.61 Å². The number of Topliss-reactive ketones (excluding diaryl/α,β-unsaturated/α-hetero) is 1. The van der Waals surface area contributed by atoms with Crippen molar-refractivity contribution in [1.29, 1.82) is 0 Å². The Bertz CT molecular complexity index is 504. The summed E-state index contributed by atoms with van der Waals surface area (Å²) in [6.45, 7) is 2.21. The zero-order valence-corrected chi connectivity index (χ0v) is 10.8. The Morgan fingerprint density at radius 2 is 2.16 bits per heavy atom. The van der Waals surface area contributed by atoms with Crippen LogP contribution in [-0.4, -0.2) is 23.5 Å². The van der Waals surface area contributed by atoms with Crippen LogP contribution in [0.3, 0.4) is 0 Å². The molecule has 1 aliphatic rings. The second kappa shape index (κ2) is 5.09. The molecule has 0 aromatic carbocycles. The van der Waals surface area contributed by atoms with Crippen molar-refractivity contribution in [2.24, 2.45) is 5.92 Å². The van der Waals surface area contributed by atoms with E-state index >= 15 is 0 Å². The fraction of sp³-hybridized carbons (Fsp3) is 0.500. The summed E-state index contributed by atoms with van der Waals surface area (Å²) >= 11 is 5.68. The number of halogens is 4. The van der Waals surface area contributed by atoms with Gasteiger partial charge in [0.15, 0.2) is 5.78 Å². The highest BCUT2D eigenvalue weighted by molar-refractivity contribution is 6.32. The first-order chi connectivity index (χ1) is 8.80. The Balaban J connectivity index is 2.29. The van der Waals surface area contributed by atoms with Gasteiger partial charge in [-0.2, -0.15) is 13.2 Å². The minimum absolute atomic E-state index is 0.0111. The highest BCUT2D eigenvalue weighted by Gasteiger charge is 2.36. The minimum atomic E-state index is -4.57. The molecule has 1 aliphatic heterocycles. The number of pyridine rings is 1. The number of rotatable bonds is 2. The van der Waals surface area contributed by atoms with Crippen molar-refractivity contribution >= 4 is 17.4 Å². The molecule has 104 valence electrons. The molecule has 3 nitrogen and oxygen atoms in total. The Labute approximate surface area is 112 Å². The summed E-state index contributed by atoms with van der Waals surface area (Å²) in [6.07, 6.45) is -4.29. The molecule has 0 saturated carbocycles. The maximum Gasteiger partial charge on any atom is 0.433 e. The van der Waals surface area contributed by atoms with E-state index in [0.29, 0.717) is 13.0 Å². The predicted octanol–water partition coefficient (Wildman–Crippen LogP) is 3.36. The average molecular weight is 294 g/mol. The zero-order valence-electron chi connectivity index (χ0n) is 10.00. The number of aromatic nitrogens is 1. The van der Waals surface area contributed by atoms with Crippen molar-refractivity contribution in [1.82, 2.24) is 4.98 Å². The summed E-state index contributed by atoms with van der Waals surface area (Å²) < 4.78 is 42.6. The van der Waals surface area contributed by atoms with Crippen LogP contribution in [0.4, 0.5) is 13.2 Å². The normalized spacial score (nSPS) is 23.6. The van der Waals surface area contributed by atoms with Gasteiger partial charge in [-0.25, -0.2) is 4.98 Å². The van der Waals surface area contributed by atoms with Gasteiger partial charge in [0.2, 0.25) is 0 Å². The number of ketones is 1. The Hall–Kier alpha value is -1.14. The van der Waals surface area contributed by atoms with Crippen LogP contribution in [-0.2, 0) is 10.9 Å². The van der Waals surface area contributed by atoms with E-state index in [2.05, 4.69) is 4.98 Å². The maximum atomic E-state index is 12.4. The lowest BCUT2D eigenvalue weighted by molar-refractivity contribution is -0.141. The van der Waals surface area contributed by atoms with Gasteiger partial charge in [0, 0.05) is 6.61 Å². The number of hydrogen-bond acceptors (Lipinski definition) is 3. The molecule has 1 fully saturated rings. The summed E-state index contributed by atoms with van der Waals surface area (Å²) in [5, 5.41) is -0.418. The number of carbonyl (C=O) groups excluding carboxylic acids is 1. The van der Waals surface area contributed by atoms with Gasteiger partial charge in [0.05, 0.1) is 17.6 Å². The molecule has 7 heteroatoms. The molecule has 1 saturated heterocycles. The molecule has 0 N–H and O–H groups in total. The quantitative estimate of drug-likeness (QED) is 0.620. The minimum Gasteiger partial charge on any atom is -0.378 e. The van der Waals surface area contributed by atoms with Crippen LogP contribution >= 0.6 is 11.6 Å². The third-order valence-electron chi connectivity index (χ3n) is 3.12. The molecule has 0 spiro atoms. The van der Waals surface area contributed by atoms with Crippen LogP contribution in [0.25, 0.3) is 0 Å². The van der Waals surface area contributed by atoms with Gasteiger partial charge in [-0.15, -0.1) is 0 Å². The molecule has 1 aromatic heterocycles. The summed E-state index contributed by atoms with van der Waals surface area (Å²) in [4.78, 5) is 15.4. The lowest BCUT2D eigenvalue weighted by Gasteiger charge is -2.14. The van der Waals surface area contributed by atoms with Gasteiger partial charge in [-0.1, -0.05) is 11.6 Å². The molecule has 0 bridgehead atoms. The van der Waals surface area contributed by atoms with E-state index in [4.69, 9.17) is 16.3 Å². The number of carbonyl (C=O) groups is 1. The summed E-state index contributed by atoms with van der Waals surface area (Å²) in [6, 6.07) is 1.84. The van der Waals surface area contributed by atoms with Gasteiger partial charge >= 0.3 is 6.18 Å². The average Bonchev–Trinajstić information content (AvgIpc) is 2.73. The second-order valence-electron chi connectivity index (χ2n) is 4.37. The first-order valence-electron chi connectivity index (χ1n) is 5.70. The molecule has 0 amide bonds. The van der Waals surface area contributed by atoms with Crippen molar-refractivity contribution < 1.29 is 22.7 Å². The number of alkyl halides is 3. The van der Waals surface area contributed by atoms with Crippen LogP contribution < -0.4 is 0 Å². The van der Waals surface area contributed by atoms with Crippen LogP contribution in [0.5, 0.6) is 0 Å². The van der Waals surface area contributed by atoms with Gasteiger partial charge in [0.25, 0.3) is 0 Å². The molecular formula is C12H11ClF3NO2. The lowest BCUT2D eigenvalue weighted by atomic mass is 9.93. The maximum absolute atomic E-state index is 12.4. The molecule has 2 unspecified atom stereocenters. The molecule has 0 radical (unpaired) electrons. The van der Waals surface area contributed by atoms with Crippen molar-refractivity contribution in [3.8, 4) is 0 Å². The smallest absolute Gasteiger partial charge is 0.378 e. The third-order valence-corrected chi connectivity index (χ3v) is 3.41. The highest BCUT2D eigenvalue weighted by Crippen LogP contribution is 2.31. The van der Waals surface area contributed by atoms with Crippen LogP contribution in [0.1, 0.15) is 29.4 Å². The van der Waals surface area contributed by atoms with E-state index in [0.717, 1.165) is 12.1 Å². The Kier molecular flexibility index (Phi) is 3.82. The van der Waals surface area contributed by atoms with E-state index < -0.39 is 17.0 Å². The van der Waals surface area contributed by atoms with E-state index in [1.54, 1.807) is 6.92 Å². The fourth-order valence-electron chi connectivity index (χ4n) is 2.05. The molecule has 1 aromatic rings. The number of nitrogens with zero attached hydrogens (tertiary/aromatic N) is 1. The molecule has 2 rings (SSSR count). The summed E-state index contributed by atoms with van der Waals surface area (Å²) in [5.41, 5.74) is -1.10. The van der Waals surface area contributed by atoms with Crippen molar-refractivity contribution in [3.05, 3.63) is 28.5 Å². The molecular weight excluding hydrogens is 283 g/mol. The topological polar surface area (TPSA) is 39.2 Å². The van der Waals surface area contributed by atoms with Crippen LogP contribution in [0.2, 0.25) is 5.15 Å². The Morgan fingerprint density at radius 1 is 1.47 bits per heavy atom. The monoisotopic (exact) mass is 293 g/mol. The first kappa shape index (κ1) is 14.3. The second-order valence-corrected chi connectivity index (χ2v) is 4.73. The van der Waals surface area contributed by atoms with Crippen LogP contribution in [0.15, 0.2) is 12.1 Å². The highest BCUT2D eigenvalue weighted by atomic mass is 35.5. The van der Waals surface area contributed by atoms with Crippen molar-refractivity contribution in [2.45, 2.75) is 25.6 Å². The largest absolute Gasteiger partial charge is 0.433 e. The van der Waals surface area contributed by atoms with E-state index in [1.165, 1.54) is 0 Å². The SMILES string of the molecule is CC1OCCC1C(=O)c1ccc(C(F)(F)F)nc1Cl.